The average molecular weight is 408 g/mol. The third kappa shape index (κ3) is 6.54. The van der Waals surface area contributed by atoms with E-state index in [4.69, 9.17) is 0 Å². The molecule has 0 spiro atoms. The third-order valence-corrected chi connectivity index (χ3v) is 5.43. The van der Waals surface area contributed by atoms with Crippen LogP contribution in [0.4, 0.5) is 0 Å². The molecule has 8 heteroatoms. The summed E-state index contributed by atoms with van der Waals surface area (Å²) in [6.07, 6.45) is 10.7. The van der Waals surface area contributed by atoms with Gasteiger partial charge in [-0.2, -0.15) is 0 Å². The quantitative estimate of drug-likeness (QED) is 0.467. The second-order valence-electron chi connectivity index (χ2n) is 7.95. The zero-order valence-corrected chi connectivity index (χ0v) is 18.2. The van der Waals surface area contributed by atoms with Crippen LogP contribution in [0.5, 0.6) is 0 Å². The lowest BCUT2D eigenvalue weighted by molar-refractivity contribution is 0.158. The minimum Gasteiger partial charge on any atom is -0.392 e. The molecule has 0 fully saturated rings. The molecule has 29 heavy (non-hydrogen) atoms. The van der Waals surface area contributed by atoms with Crippen molar-refractivity contribution >= 4 is 11.2 Å². The molecular formula is C21H37N5O3. The molecule has 0 aliphatic heterocycles. The lowest BCUT2D eigenvalue weighted by Gasteiger charge is -2.11. The van der Waals surface area contributed by atoms with Gasteiger partial charge in [-0.15, -0.1) is 0 Å². The highest BCUT2D eigenvalue weighted by atomic mass is 16.3. The minimum absolute atomic E-state index is 0.237. The lowest BCUT2D eigenvalue weighted by atomic mass is 10.1. The van der Waals surface area contributed by atoms with Crippen molar-refractivity contribution in [2.75, 3.05) is 13.1 Å². The first kappa shape index (κ1) is 23.3. The Hall–Kier alpha value is -1.93. The maximum absolute atomic E-state index is 12.6. The molecule has 0 amide bonds. The number of hydrogen-bond donors (Lipinski definition) is 2. The third-order valence-electron chi connectivity index (χ3n) is 5.43. The fourth-order valence-electron chi connectivity index (χ4n) is 3.67. The highest BCUT2D eigenvalue weighted by molar-refractivity contribution is 5.69. The van der Waals surface area contributed by atoms with E-state index in [1.807, 2.05) is 0 Å². The summed E-state index contributed by atoms with van der Waals surface area (Å²) in [5, 5.41) is 13.1. The Morgan fingerprint density at radius 1 is 1.07 bits per heavy atom. The Bertz CT molecular complexity index is 868. The molecular weight excluding hydrogens is 370 g/mol. The first-order chi connectivity index (χ1) is 14.0. The number of rotatable bonds is 14. The number of aliphatic hydroxyl groups is 1. The van der Waals surface area contributed by atoms with Gasteiger partial charge in [-0.25, -0.2) is 9.78 Å². The van der Waals surface area contributed by atoms with Gasteiger partial charge < -0.3 is 15.0 Å². The van der Waals surface area contributed by atoms with Gasteiger partial charge in [0.1, 0.15) is 0 Å². The van der Waals surface area contributed by atoms with E-state index in [0.29, 0.717) is 24.3 Å². The van der Waals surface area contributed by atoms with E-state index in [1.54, 1.807) is 25.0 Å². The smallest absolute Gasteiger partial charge is 0.332 e. The van der Waals surface area contributed by atoms with Crippen LogP contribution in [-0.2, 0) is 20.6 Å². The Balaban J connectivity index is 1.65. The predicted molar refractivity (Wildman–Crippen MR) is 116 cm³/mol. The number of fused-ring (bicyclic) bond motifs is 1. The Morgan fingerprint density at radius 3 is 2.41 bits per heavy atom. The molecule has 2 aromatic rings. The fourth-order valence-corrected chi connectivity index (χ4v) is 3.67. The van der Waals surface area contributed by atoms with Crippen LogP contribution in [0, 0.1) is 0 Å². The standard InChI is InChI=1S/C21H37N5O3/c1-4-13-22-15-17(27)12-10-8-6-5-7-9-11-14-26-20(28)18-19(23-16-24(18)2)25(3)21(26)29/h16-17,22,27H,4-15H2,1-3H3. The monoisotopic (exact) mass is 407 g/mol. The molecule has 0 saturated carbocycles. The first-order valence-corrected chi connectivity index (χ1v) is 11.0. The van der Waals surface area contributed by atoms with Crippen molar-refractivity contribution in [1.29, 1.82) is 0 Å². The average Bonchev–Trinajstić information content (AvgIpc) is 3.09. The largest absolute Gasteiger partial charge is 0.392 e. The molecule has 0 aliphatic carbocycles. The molecule has 1 unspecified atom stereocenters. The van der Waals surface area contributed by atoms with Gasteiger partial charge in [0.15, 0.2) is 11.2 Å². The van der Waals surface area contributed by atoms with Gasteiger partial charge in [-0.1, -0.05) is 45.4 Å². The summed E-state index contributed by atoms with van der Waals surface area (Å²) in [4.78, 5) is 29.2. The molecule has 164 valence electrons. The number of aliphatic hydroxyl groups excluding tert-OH is 1. The van der Waals surface area contributed by atoms with E-state index in [1.165, 1.54) is 9.13 Å². The van der Waals surface area contributed by atoms with E-state index in [-0.39, 0.29) is 17.4 Å². The maximum Gasteiger partial charge on any atom is 0.332 e. The van der Waals surface area contributed by atoms with E-state index in [0.717, 1.165) is 64.3 Å². The van der Waals surface area contributed by atoms with Crippen LogP contribution in [0.25, 0.3) is 11.2 Å². The fraction of sp³-hybridized carbons (Fsp3) is 0.762. The number of hydrogen-bond acceptors (Lipinski definition) is 5. The summed E-state index contributed by atoms with van der Waals surface area (Å²) in [6.45, 7) is 4.22. The van der Waals surface area contributed by atoms with Crippen molar-refractivity contribution in [3.63, 3.8) is 0 Å². The van der Waals surface area contributed by atoms with Crippen LogP contribution in [0.1, 0.15) is 64.7 Å². The van der Waals surface area contributed by atoms with Crippen LogP contribution < -0.4 is 16.6 Å². The molecule has 0 bridgehead atoms. The van der Waals surface area contributed by atoms with Crippen LogP contribution in [0.3, 0.4) is 0 Å². The number of aryl methyl sites for hydroxylation is 2. The van der Waals surface area contributed by atoms with Gasteiger partial charge in [-0.3, -0.25) is 13.9 Å². The van der Waals surface area contributed by atoms with E-state index < -0.39 is 0 Å². The number of nitrogens with one attached hydrogen (secondary N) is 1. The molecule has 2 aromatic heterocycles. The molecule has 2 N–H and O–H groups in total. The van der Waals surface area contributed by atoms with E-state index in [9.17, 15) is 14.7 Å². The van der Waals surface area contributed by atoms with Gasteiger partial charge in [-0.05, 0) is 25.8 Å². The van der Waals surface area contributed by atoms with E-state index in [2.05, 4.69) is 17.2 Å². The van der Waals surface area contributed by atoms with Crippen LogP contribution in [-0.4, -0.2) is 43.0 Å². The van der Waals surface area contributed by atoms with Crippen molar-refractivity contribution in [2.24, 2.45) is 14.1 Å². The van der Waals surface area contributed by atoms with Gasteiger partial charge in [0.25, 0.3) is 5.56 Å². The predicted octanol–water partition coefficient (Wildman–Crippen LogP) is 1.91. The molecule has 8 nitrogen and oxygen atoms in total. The number of nitrogens with zero attached hydrogens (tertiary/aromatic N) is 4. The van der Waals surface area contributed by atoms with Crippen LogP contribution >= 0.6 is 0 Å². The van der Waals surface area contributed by atoms with Crippen molar-refractivity contribution in [2.45, 2.75) is 77.4 Å². The van der Waals surface area contributed by atoms with E-state index >= 15 is 0 Å². The molecule has 1 atom stereocenters. The summed E-state index contributed by atoms with van der Waals surface area (Å²) in [7, 11) is 3.43. The Morgan fingerprint density at radius 2 is 1.72 bits per heavy atom. The maximum atomic E-state index is 12.6. The molecule has 2 heterocycles. The second kappa shape index (κ2) is 11.9. The van der Waals surface area contributed by atoms with Gasteiger partial charge in [0.05, 0.1) is 12.4 Å². The van der Waals surface area contributed by atoms with Crippen LogP contribution in [0.2, 0.25) is 0 Å². The molecule has 0 saturated heterocycles. The Labute approximate surface area is 172 Å². The van der Waals surface area contributed by atoms with Gasteiger partial charge in [0.2, 0.25) is 0 Å². The number of unbranched alkanes of at least 4 members (excludes halogenated alkanes) is 6. The van der Waals surface area contributed by atoms with Crippen molar-refractivity contribution in [3.05, 3.63) is 27.2 Å². The molecule has 2 rings (SSSR count). The van der Waals surface area contributed by atoms with Crippen molar-refractivity contribution < 1.29 is 5.11 Å². The number of imidazole rings is 1. The highest BCUT2D eigenvalue weighted by Gasteiger charge is 2.14. The van der Waals surface area contributed by atoms with Crippen molar-refractivity contribution in [3.8, 4) is 0 Å². The normalized spacial score (nSPS) is 12.7. The van der Waals surface area contributed by atoms with Crippen molar-refractivity contribution in [1.82, 2.24) is 24.0 Å². The zero-order valence-electron chi connectivity index (χ0n) is 18.2. The molecule has 0 radical (unpaired) electrons. The van der Waals surface area contributed by atoms with Gasteiger partial charge in [0, 0.05) is 27.2 Å². The molecule has 0 aromatic carbocycles. The van der Waals surface area contributed by atoms with Gasteiger partial charge >= 0.3 is 5.69 Å². The summed E-state index contributed by atoms with van der Waals surface area (Å²) < 4.78 is 4.45. The summed E-state index contributed by atoms with van der Waals surface area (Å²) in [5.74, 6) is 0. The first-order valence-electron chi connectivity index (χ1n) is 11.0. The molecule has 0 aliphatic rings. The highest BCUT2D eigenvalue weighted by Crippen LogP contribution is 2.10. The summed E-state index contributed by atoms with van der Waals surface area (Å²) in [6, 6.07) is 0. The summed E-state index contributed by atoms with van der Waals surface area (Å²) in [5.41, 5.74) is 0.354. The minimum atomic E-state index is -0.298. The number of aromatic nitrogens is 4. The summed E-state index contributed by atoms with van der Waals surface area (Å²) >= 11 is 0. The lowest BCUT2D eigenvalue weighted by Crippen LogP contribution is -2.39. The topological polar surface area (TPSA) is 94.1 Å². The SMILES string of the molecule is CCCNCC(O)CCCCCCCCCn1c(=O)c2c(ncn2C)n(C)c1=O. The van der Waals surface area contributed by atoms with Crippen LogP contribution in [0.15, 0.2) is 15.9 Å². The second-order valence-corrected chi connectivity index (χ2v) is 7.95. The Kier molecular flexibility index (Phi) is 9.60. The zero-order chi connectivity index (χ0) is 21.2.